The van der Waals surface area contributed by atoms with E-state index in [4.69, 9.17) is 4.74 Å². The van der Waals surface area contributed by atoms with E-state index in [9.17, 15) is 4.79 Å². The molecule has 0 N–H and O–H groups in total. The van der Waals surface area contributed by atoms with Crippen LogP contribution in [0.5, 0.6) is 0 Å². The Morgan fingerprint density at radius 1 is 0.893 bits per heavy atom. The summed E-state index contributed by atoms with van der Waals surface area (Å²) in [5.41, 5.74) is 5.01. The van der Waals surface area contributed by atoms with Gasteiger partial charge in [0, 0.05) is 5.56 Å². The number of benzene rings is 3. The monoisotopic (exact) mass is 368 g/mol. The zero-order valence-corrected chi connectivity index (χ0v) is 15.6. The van der Waals surface area contributed by atoms with E-state index in [1.165, 1.54) is 5.56 Å². The van der Waals surface area contributed by atoms with Gasteiger partial charge in [-0.15, -0.1) is 0 Å². The second-order valence-electron chi connectivity index (χ2n) is 6.59. The minimum absolute atomic E-state index is 0.222. The minimum Gasteiger partial charge on any atom is -0.456 e. The molecule has 4 heteroatoms. The molecule has 0 saturated carbocycles. The van der Waals surface area contributed by atoms with Crippen LogP contribution in [-0.2, 0) is 11.3 Å². The van der Waals surface area contributed by atoms with Crippen LogP contribution in [-0.4, -0.2) is 15.7 Å². The number of ether oxygens (including phenoxy) is 1. The van der Waals surface area contributed by atoms with Crippen molar-refractivity contribution >= 4 is 5.97 Å². The summed E-state index contributed by atoms with van der Waals surface area (Å²) in [4.78, 5) is 12.8. The molecule has 1 aromatic heterocycles. The molecular weight excluding hydrogens is 348 g/mol. The fourth-order valence-corrected chi connectivity index (χ4v) is 2.95. The molecule has 0 atom stereocenters. The van der Waals surface area contributed by atoms with E-state index in [1.807, 2.05) is 91.9 Å². The van der Waals surface area contributed by atoms with Crippen molar-refractivity contribution in [2.24, 2.45) is 0 Å². The van der Waals surface area contributed by atoms with Crippen molar-refractivity contribution in [2.75, 3.05) is 0 Å². The topological polar surface area (TPSA) is 44.1 Å². The van der Waals surface area contributed by atoms with Gasteiger partial charge in [-0.3, -0.25) is 0 Å². The molecule has 0 amide bonds. The van der Waals surface area contributed by atoms with Gasteiger partial charge in [0.2, 0.25) is 0 Å². The third kappa shape index (κ3) is 3.86. The van der Waals surface area contributed by atoms with Gasteiger partial charge in [0.05, 0.1) is 11.4 Å². The number of nitrogens with zero attached hydrogens (tertiary/aromatic N) is 2. The second-order valence-corrected chi connectivity index (χ2v) is 6.59. The van der Waals surface area contributed by atoms with Crippen molar-refractivity contribution in [3.05, 3.63) is 108 Å². The van der Waals surface area contributed by atoms with Crippen LogP contribution >= 0.6 is 0 Å². The fourth-order valence-electron chi connectivity index (χ4n) is 2.95. The lowest BCUT2D eigenvalue weighted by molar-refractivity contribution is 0.0462. The molecule has 28 heavy (non-hydrogen) atoms. The molecular formula is C24H20N2O2. The largest absolute Gasteiger partial charge is 0.456 e. The summed E-state index contributed by atoms with van der Waals surface area (Å²) >= 11 is 0. The molecule has 0 spiro atoms. The lowest BCUT2D eigenvalue weighted by Crippen LogP contribution is -2.12. The van der Waals surface area contributed by atoms with Crippen molar-refractivity contribution in [1.82, 2.24) is 9.78 Å². The molecule has 4 nitrogen and oxygen atoms in total. The highest BCUT2D eigenvalue weighted by molar-refractivity contribution is 5.89. The first-order valence-corrected chi connectivity index (χ1v) is 9.14. The van der Waals surface area contributed by atoms with Gasteiger partial charge in [0.1, 0.15) is 6.61 Å². The van der Waals surface area contributed by atoms with E-state index in [-0.39, 0.29) is 6.61 Å². The van der Waals surface area contributed by atoms with E-state index in [0.29, 0.717) is 5.69 Å². The van der Waals surface area contributed by atoms with Gasteiger partial charge in [-0.1, -0.05) is 78.4 Å². The Morgan fingerprint density at radius 3 is 2.21 bits per heavy atom. The SMILES string of the molecule is Cc1ccc(COC(=O)c2cc(-c3ccccc3)nn2-c2ccccc2)cc1. The van der Waals surface area contributed by atoms with Crippen molar-refractivity contribution in [2.45, 2.75) is 13.5 Å². The maximum atomic E-state index is 12.8. The van der Waals surface area contributed by atoms with Gasteiger partial charge in [-0.05, 0) is 30.7 Å². The molecule has 0 aliphatic heterocycles. The first kappa shape index (κ1) is 17.7. The Morgan fingerprint density at radius 2 is 1.54 bits per heavy atom. The molecule has 0 unspecified atom stereocenters. The number of hydrogen-bond acceptors (Lipinski definition) is 3. The van der Waals surface area contributed by atoms with Crippen LogP contribution in [0.2, 0.25) is 0 Å². The number of aromatic nitrogens is 2. The van der Waals surface area contributed by atoms with E-state index >= 15 is 0 Å². The third-order valence-electron chi connectivity index (χ3n) is 4.48. The lowest BCUT2D eigenvalue weighted by atomic mass is 10.1. The summed E-state index contributed by atoms with van der Waals surface area (Å²) in [5, 5.41) is 4.65. The van der Waals surface area contributed by atoms with Crippen LogP contribution in [0.3, 0.4) is 0 Å². The quantitative estimate of drug-likeness (QED) is 0.455. The van der Waals surface area contributed by atoms with Gasteiger partial charge >= 0.3 is 5.97 Å². The molecule has 0 radical (unpaired) electrons. The summed E-state index contributed by atoms with van der Waals surface area (Å²) in [6.07, 6.45) is 0. The Labute approximate surface area is 164 Å². The van der Waals surface area contributed by atoms with Crippen molar-refractivity contribution in [3.63, 3.8) is 0 Å². The predicted octanol–water partition coefficient (Wildman–Crippen LogP) is 5.20. The maximum absolute atomic E-state index is 12.8. The van der Waals surface area contributed by atoms with E-state index in [2.05, 4.69) is 5.10 Å². The molecule has 0 fully saturated rings. The number of hydrogen-bond donors (Lipinski definition) is 0. The van der Waals surface area contributed by atoms with Crippen LogP contribution in [0.4, 0.5) is 0 Å². The third-order valence-corrected chi connectivity index (χ3v) is 4.48. The number of carbonyl (C=O) groups is 1. The van der Waals surface area contributed by atoms with Crippen molar-refractivity contribution in [3.8, 4) is 16.9 Å². The predicted molar refractivity (Wildman–Crippen MR) is 109 cm³/mol. The van der Waals surface area contributed by atoms with Crippen LogP contribution < -0.4 is 0 Å². The highest BCUT2D eigenvalue weighted by atomic mass is 16.5. The van der Waals surface area contributed by atoms with Crippen LogP contribution in [0.25, 0.3) is 16.9 Å². The van der Waals surface area contributed by atoms with Gasteiger partial charge in [0.15, 0.2) is 5.69 Å². The zero-order valence-electron chi connectivity index (χ0n) is 15.6. The highest BCUT2D eigenvalue weighted by Gasteiger charge is 2.19. The Hall–Kier alpha value is -3.66. The fraction of sp³-hybridized carbons (Fsp3) is 0.0833. The highest BCUT2D eigenvalue weighted by Crippen LogP contribution is 2.22. The maximum Gasteiger partial charge on any atom is 0.357 e. The van der Waals surface area contributed by atoms with Crippen molar-refractivity contribution < 1.29 is 9.53 Å². The molecule has 4 rings (SSSR count). The number of aryl methyl sites for hydroxylation is 1. The second kappa shape index (κ2) is 7.92. The molecule has 0 aliphatic carbocycles. The zero-order chi connectivity index (χ0) is 19.3. The summed E-state index contributed by atoms with van der Waals surface area (Å²) in [5.74, 6) is -0.404. The molecule has 138 valence electrons. The van der Waals surface area contributed by atoms with Crippen LogP contribution in [0.15, 0.2) is 91.0 Å². The van der Waals surface area contributed by atoms with E-state index in [1.54, 1.807) is 10.7 Å². The van der Waals surface area contributed by atoms with Crippen molar-refractivity contribution in [1.29, 1.82) is 0 Å². The van der Waals surface area contributed by atoms with Crippen LogP contribution in [0.1, 0.15) is 21.6 Å². The summed E-state index contributed by atoms with van der Waals surface area (Å²) in [6, 6.07) is 29.1. The number of para-hydroxylation sites is 1. The van der Waals surface area contributed by atoms with Gasteiger partial charge in [0.25, 0.3) is 0 Å². The van der Waals surface area contributed by atoms with Crippen LogP contribution in [0, 0.1) is 6.92 Å². The number of rotatable bonds is 5. The average molecular weight is 368 g/mol. The van der Waals surface area contributed by atoms with E-state index < -0.39 is 5.97 Å². The Bertz CT molecular complexity index is 1070. The Kier molecular flexibility index (Phi) is 5.02. The Balaban J connectivity index is 1.65. The molecule has 3 aromatic carbocycles. The first-order valence-electron chi connectivity index (χ1n) is 9.14. The van der Waals surface area contributed by atoms with E-state index in [0.717, 1.165) is 22.5 Å². The summed E-state index contributed by atoms with van der Waals surface area (Å²) in [6.45, 7) is 2.25. The number of esters is 1. The standard InChI is InChI=1S/C24H20N2O2/c1-18-12-14-19(15-13-18)17-28-24(27)23-16-22(20-8-4-2-5-9-20)25-26(23)21-10-6-3-7-11-21/h2-16H,17H2,1H3. The number of carbonyl (C=O) groups excluding carboxylic acids is 1. The van der Waals surface area contributed by atoms with Gasteiger partial charge in [-0.2, -0.15) is 5.10 Å². The molecule has 1 heterocycles. The first-order chi connectivity index (χ1) is 13.7. The summed E-state index contributed by atoms with van der Waals surface area (Å²) in [7, 11) is 0. The average Bonchev–Trinajstić information content (AvgIpc) is 3.20. The minimum atomic E-state index is -0.404. The van der Waals surface area contributed by atoms with Gasteiger partial charge in [-0.25, -0.2) is 9.48 Å². The molecule has 0 saturated heterocycles. The van der Waals surface area contributed by atoms with Gasteiger partial charge < -0.3 is 4.74 Å². The lowest BCUT2D eigenvalue weighted by Gasteiger charge is -2.08. The smallest absolute Gasteiger partial charge is 0.357 e. The molecule has 0 aliphatic rings. The summed E-state index contributed by atoms with van der Waals surface area (Å²) < 4.78 is 7.20. The molecule has 4 aromatic rings. The normalized spacial score (nSPS) is 10.6. The molecule has 0 bridgehead atoms.